The number of anilines is 2. The lowest BCUT2D eigenvalue weighted by Crippen LogP contribution is -2.54. The molecule has 1 saturated heterocycles. The van der Waals surface area contributed by atoms with Gasteiger partial charge in [0.25, 0.3) is 11.8 Å². The van der Waals surface area contributed by atoms with Crippen LogP contribution in [-0.2, 0) is 38.1 Å². The van der Waals surface area contributed by atoms with Gasteiger partial charge in [-0.05, 0) is 42.8 Å². The van der Waals surface area contributed by atoms with E-state index in [4.69, 9.17) is 40.0 Å². The number of fused-ring (bicyclic) bond motifs is 2. The number of hydrogen-bond acceptors (Lipinski definition) is 16. The van der Waals surface area contributed by atoms with Crippen LogP contribution in [0.1, 0.15) is 49.5 Å². The number of piperidine rings is 1. The van der Waals surface area contributed by atoms with Crippen molar-refractivity contribution in [3.63, 3.8) is 0 Å². The van der Waals surface area contributed by atoms with Gasteiger partial charge in [-0.15, -0.1) is 0 Å². The smallest absolute Gasteiger partial charge is 0.264 e. The van der Waals surface area contributed by atoms with Gasteiger partial charge in [-0.25, -0.2) is 9.97 Å². The highest BCUT2D eigenvalue weighted by atomic mass is 35.5. The number of imide groups is 2. The van der Waals surface area contributed by atoms with Crippen molar-refractivity contribution in [3.8, 4) is 11.5 Å². The van der Waals surface area contributed by atoms with E-state index in [0.717, 1.165) is 4.90 Å². The first-order chi connectivity index (χ1) is 32.7. The van der Waals surface area contributed by atoms with Gasteiger partial charge in [0, 0.05) is 43.0 Å². The zero-order valence-corrected chi connectivity index (χ0v) is 37.1. The summed E-state index contributed by atoms with van der Waals surface area (Å²) in [5.74, 6) is -1.45. The monoisotopic (exact) mass is 940 g/mol. The van der Waals surface area contributed by atoms with Gasteiger partial charge >= 0.3 is 0 Å². The minimum atomic E-state index is -1.08. The molecule has 7 rings (SSSR count). The molecule has 2 aliphatic rings. The van der Waals surface area contributed by atoms with Gasteiger partial charge in [-0.2, -0.15) is 0 Å². The summed E-state index contributed by atoms with van der Waals surface area (Å²) in [6.45, 7) is 4.02. The van der Waals surface area contributed by atoms with Gasteiger partial charge in [0.15, 0.2) is 5.78 Å². The highest BCUT2D eigenvalue weighted by molar-refractivity contribution is 6.36. The molecule has 2 aliphatic heterocycles. The third-order valence-corrected chi connectivity index (χ3v) is 10.7. The van der Waals surface area contributed by atoms with Crippen LogP contribution in [0.15, 0.2) is 79.3 Å². The minimum Gasteiger partial charge on any atom is -0.457 e. The van der Waals surface area contributed by atoms with Crippen molar-refractivity contribution in [1.82, 2.24) is 30.5 Å². The molecule has 0 bridgehead atoms. The molecule has 21 heteroatoms. The maximum absolute atomic E-state index is 13.6. The predicted octanol–water partition coefficient (Wildman–Crippen LogP) is 3.76. The van der Waals surface area contributed by atoms with Crippen LogP contribution in [0.5, 0.6) is 11.5 Å². The molecular weight excluding hydrogens is 892 g/mol. The second kappa shape index (κ2) is 24.1. The summed E-state index contributed by atoms with van der Waals surface area (Å²) in [7, 11) is 0. The van der Waals surface area contributed by atoms with Crippen LogP contribution in [0.2, 0.25) is 5.02 Å². The van der Waals surface area contributed by atoms with Gasteiger partial charge in [-0.3, -0.25) is 39.0 Å². The van der Waals surface area contributed by atoms with Crippen molar-refractivity contribution in [1.29, 1.82) is 0 Å². The lowest BCUT2D eigenvalue weighted by atomic mass is 10.0. The number of nitrogens with zero attached hydrogens (tertiary/aromatic N) is 3. The van der Waals surface area contributed by atoms with E-state index in [-0.39, 0.29) is 66.1 Å². The first-order valence-corrected chi connectivity index (χ1v) is 21.9. The van der Waals surface area contributed by atoms with E-state index in [1.54, 1.807) is 36.5 Å². The number of ether oxygens (including phenoxy) is 6. The number of H-pyrrole nitrogens is 1. The Kier molecular flexibility index (Phi) is 17.3. The topological polar surface area (TPSA) is 251 Å². The van der Waals surface area contributed by atoms with Crippen molar-refractivity contribution < 1.29 is 57.2 Å². The second-order valence-corrected chi connectivity index (χ2v) is 15.3. The fourth-order valence-electron chi connectivity index (χ4n) is 7.18. The molecule has 1 unspecified atom stereocenters. The summed E-state index contributed by atoms with van der Waals surface area (Å²) < 4.78 is 33.7. The molecule has 3 aromatic carbocycles. The number of hydrogen-bond donors (Lipinski definition) is 5. The van der Waals surface area contributed by atoms with E-state index >= 15 is 0 Å². The molecule has 0 spiro atoms. The number of amides is 5. The Morgan fingerprint density at radius 3 is 2.10 bits per heavy atom. The highest BCUT2D eigenvalue weighted by Gasteiger charge is 2.45. The molecule has 5 aromatic rings. The molecule has 0 saturated carbocycles. The van der Waals surface area contributed by atoms with Gasteiger partial charge in [0.1, 0.15) is 35.3 Å². The number of nitrogens with one attached hydrogen (secondary N) is 5. The summed E-state index contributed by atoms with van der Waals surface area (Å²) in [4.78, 5) is 88.7. The standard InChI is InChI=1S/C46H49ClN8O12/c47-34-25-30(67-29-5-2-1-3-6-29)9-10-31(34)41(58)33-26-51-43-40(33)42(52-28-53-43)49-14-16-63-18-20-65-22-24-66-23-21-64-19-17-62-15-13-48-38(57)27-50-35-8-4-7-32-39(35)46(61)55(45(32)60)36-11-12-37(56)54-44(36)59/h1-10,25-26,28,36,50H,11-24,27H2,(H,48,57)(H,54,56,59)(H2,49,51,52,53). The first kappa shape index (κ1) is 48.1. The van der Waals surface area contributed by atoms with E-state index in [2.05, 4.69) is 36.2 Å². The summed E-state index contributed by atoms with van der Waals surface area (Å²) in [5.41, 5.74) is 1.66. The van der Waals surface area contributed by atoms with Gasteiger partial charge in [0.2, 0.25) is 17.7 Å². The molecule has 0 aliphatic carbocycles. The normalized spacial score (nSPS) is 14.6. The molecule has 5 amide bonds. The summed E-state index contributed by atoms with van der Waals surface area (Å²) in [5, 5.41) is 11.8. The van der Waals surface area contributed by atoms with Crippen molar-refractivity contribution >= 4 is 69.5 Å². The van der Waals surface area contributed by atoms with Gasteiger partial charge in [-0.1, -0.05) is 35.9 Å². The molecule has 352 valence electrons. The molecule has 1 fully saturated rings. The number of halogens is 1. The van der Waals surface area contributed by atoms with Crippen LogP contribution in [0.25, 0.3) is 11.0 Å². The van der Waals surface area contributed by atoms with Gasteiger partial charge < -0.3 is 49.4 Å². The van der Waals surface area contributed by atoms with Crippen LogP contribution in [-0.4, -0.2) is 147 Å². The van der Waals surface area contributed by atoms with Crippen LogP contribution in [0.3, 0.4) is 0 Å². The van der Waals surface area contributed by atoms with Crippen LogP contribution in [0, 0.1) is 0 Å². The zero-order chi connectivity index (χ0) is 47.0. The quantitative estimate of drug-likeness (QED) is 0.0286. The van der Waals surface area contributed by atoms with Crippen LogP contribution in [0.4, 0.5) is 11.5 Å². The van der Waals surface area contributed by atoms with Crippen LogP contribution < -0.4 is 26.0 Å². The van der Waals surface area contributed by atoms with E-state index in [1.807, 2.05) is 30.3 Å². The third-order valence-electron chi connectivity index (χ3n) is 10.4. The first-order valence-electron chi connectivity index (χ1n) is 21.6. The largest absolute Gasteiger partial charge is 0.457 e. The number of carbonyl (C=O) groups excluding carboxylic acids is 6. The van der Waals surface area contributed by atoms with E-state index in [1.165, 1.54) is 12.4 Å². The Balaban J connectivity index is 0.678. The van der Waals surface area contributed by atoms with E-state index < -0.39 is 29.7 Å². The average Bonchev–Trinajstić information content (AvgIpc) is 3.88. The Labute approximate surface area is 389 Å². The second-order valence-electron chi connectivity index (χ2n) is 14.9. The number of aromatic nitrogens is 3. The average molecular weight is 941 g/mol. The Morgan fingerprint density at radius 1 is 0.731 bits per heavy atom. The number of para-hydroxylation sites is 1. The fourth-order valence-corrected chi connectivity index (χ4v) is 7.43. The van der Waals surface area contributed by atoms with Crippen molar-refractivity contribution in [3.05, 3.63) is 107 Å². The molecule has 4 heterocycles. The maximum Gasteiger partial charge on any atom is 0.264 e. The van der Waals surface area contributed by atoms with Crippen molar-refractivity contribution in [2.45, 2.75) is 18.9 Å². The number of ketones is 1. The fraction of sp³-hybridized carbons (Fsp3) is 0.348. The lowest BCUT2D eigenvalue weighted by Gasteiger charge is -2.27. The molecule has 1 atom stereocenters. The SMILES string of the molecule is O=C(CNc1cccc2c1C(=O)N(C1CCC(=O)NC1=O)C2=O)NCCOCCOCCOCCOCCOCCNc1ncnc2[nH]cc(C(=O)c3ccc(Oc4ccccc4)cc3Cl)c12. The van der Waals surface area contributed by atoms with Crippen LogP contribution >= 0.6 is 11.6 Å². The lowest BCUT2D eigenvalue weighted by molar-refractivity contribution is -0.136. The number of rotatable bonds is 27. The highest BCUT2D eigenvalue weighted by Crippen LogP contribution is 2.33. The van der Waals surface area contributed by atoms with E-state index in [9.17, 15) is 28.8 Å². The Hall–Kier alpha value is -6.81. The third kappa shape index (κ3) is 12.8. The molecule has 5 N–H and O–H groups in total. The molecule has 2 aromatic heterocycles. The summed E-state index contributed by atoms with van der Waals surface area (Å²) in [6, 6.07) is 17.8. The Morgan fingerprint density at radius 2 is 1.42 bits per heavy atom. The zero-order valence-electron chi connectivity index (χ0n) is 36.3. The van der Waals surface area contributed by atoms with Crippen molar-refractivity contribution in [2.75, 3.05) is 96.3 Å². The van der Waals surface area contributed by atoms with E-state index in [0.29, 0.717) is 105 Å². The summed E-state index contributed by atoms with van der Waals surface area (Å²) in [6.07, 6.45) is 3.07. The number of benzene rings is 3. The van der Waals surface area contributed by atoms with Gasteiger partial charge in [0.05, 0.1) is 99.7 Å². The molecule has 20 nitrogen and oxygen atoms in total. The Bertz CT molecular complexity index is 2560. The maximum atomic E-state index is 13.6. The molecule has 0 radical (unpaired) electrons. The van der Waals surface area contributed by atoms with Crippen molar-refractivity contribution in [2.24, 2.45) is 0 Å². The molecule has 67 heavy (non-hydrogen) atoms. The minimum absolute atomic E-state index is 0.0175. The molecular formula is C46H49ClN8O12. The number of carbonyl (C=O) groups is 6. The number of aromatic amines is 1. The predicted molar refractivity (Wildman–Crippen MR) is 242 cm³/mol. The summed E-state index contributed by atoms with van der Waals surface area (Å²) >= 11 is 6.54.